The van der Waals surface area contributed by atoms with Crippen LogP contribution in [0.4, 0.5) is 17.5 Å². The van der Waals surface area contributed by atoms with Crippen LogP contribution in [0.15, 0.2) is 48.7 Å². The molecule has 0 aliphatic rings. The maximum Gasteiger partial charge on any atom is 0.251 e. The van der Waals surface area contributed by atoms with Gasteiger partial charge < -0.3 is 16.0 Å². The first-order valence-electron chi connectivity index (χ1n) is 9.70. The van der Waals surface area contributed by atoms with E-state index in [1.807, 2.05) is 56.3 Å². The van der Waals surface area contributed by atoms with Gasteiger partial charge in [0.15, 0.2) is 0 Å². The van der Waals surface area contributed by atoms with Crippen molar-refractivity contribution in [3.05, 3.63) is 71.2 Å². The molecular weight excluding hydrogens is 364 g/mol. The molecule has 0 radical (unpaired) electrons. The lowest BCUT2D eigenvalue weighted by Gasteiger charge is -2.11. The second-order valence-corrected chi connectivity index (χ2v) is 6.76. The molecule has 0 unspecified atom stereocenters. The lowest BCUT2D eigenvalue weighted by molar-refractivity contribution is 0.0955. The molecule has 7 nitrogen and oxygen atoms in total. The van der Waals surface area contributed by atoms with Gasteiger partial charge in [0, 0.05) is 30.9 Å². The molecule has 7 heteroatoms. The highest BCUT2D eigenvalue weighted by molar-refractivity contribution is 5.94. The van der Waals surface area contributed by atoms with E-state index in [0.717, 1.165) is 17.8 Å². The highest BCUT2D eigenvalue weighted by Crippen LogP contribution is 2.16. The minimum Gasteiger partial charge on any atom is -0.368 e. The van der Waals surface area contributed by atoms with Gasteiger partial charge >= 0.3 is 0 Å². The number of amides is 1. The Morgan fingerprint density at radius 1 is 0.931 bits per heavy atom. The van der Waals surface area contributed by atoms with Gasteiger partial charge in [-0.3, -0.25) is 4.79 Å². The van der Waals surface area contributed by atoms with Gasteiger partial charge in [0.25, 0.3) is 5.91 Å². The predicted molar refractivity (Wildman–Crippen MR) is 116 cm³/mol. The van der Waals surface area contributed by atoms with Gasteiger partial charge in [-0.2, -0.15) is 0 Å². The third-order valence-electron chi connectivity index (χ3n) is 4.35. The van der Waals surface area contributed by atoms with Crippen molar-refractivity contribution in [2.24, 2.45) is 0 Å². The average molecular weight is 390 g/mol. The van der Waals surface area contributed by atoms with E-state index >= 15 is 0 Å². The summed E-state index contributed by atoms with van der Waals surface area (Å²) in [5.41, 5.74) is 3.00. The topological polar surface area (TPSA) is 91.8 Å². The van der Waals surface area contributed by atoms with Crippen LogP contribution in [0.1, 0.15) is 34.2 Å². The van der Waals surface area contributed by atoms with Crippen molar-refractivity contribution < 1.29 is 4.79 Å². The Labute approximate surface area is 171 Å². The molecule has 0 atom stereocenters. The number of aromatic nitrogens is 3. The number of rotatable bonds is 8. The second kappa shape index (κ2) is 9.64. The molecule has 3 N–H and O–H groups in total. The first-order valence-corrected chi connectivity index (χ1v) is 9.70. The Balaban J connectivity index is 1.52. The smallest absolute Gasteiger partial charge is 0.251 e. The van der Waals surface area contributed by atoms with E-state index in [4.69, 9.17) is 0 Å². The fourth-order valence-corrected chi connectivity index (χ4v) is 2.82. The summed E-state index contributed by atoms with van der Waals surface area (Å²) in [7, 11) is 0. The number of hydrogen-bond donors (Lipinski definition) is 3. The molecule has 0 bridgehead atoms. The summed E-state index contributed by atoms with van der Waals surface area (Å²) in [4.78, 5) is 25.3. The Kier molecular flexibility index (Phi) is 6.73. The van der Waals surface area contributed by atoms with Crippen molar-refractivity contribution in [2.75, 3.05) is 23.7 Å². The zero-order chi connectivity index (χ0) is 20.6. The van der Waals surface area contributed by atoms with Gasteiger partial charge in [0.1, 0.15) is 23.3 Å². The predicted octanol–water partition coefficient (Wildman–Crippen LogP) is 3.64. The molecule has 2 aromatic heterocycles. The maximum absolute atomic E-state index is 12.2. The number of carbonyl (C=O) groups excluding carboxylic acids is 1. The standard InChI is InChI=1S/C22H26N6O/c1-4-17-5-7-18(8-6-17)22(29)25-12-11-24-20-14-21(27-16(3)26-20)28-19-13-15(2)9-10-23-19/h5-10,13-14H,4,11-12H2,1-3H3,(H,25,29)(H2,23,24,26,27,28). The van der Waals surface area contributed by atoms with Crippen LogP contribution in [0.25, 0.3) is 0 Å². The Morgan fingerprint density at radius 2 is 1.69 bits per heavy atom. The van der Waals surface area contributed by atoms with Gasteiger partial charge in [-0.1, -0.05) is 19.1 Å². The number of nitrogens with one attached hydrogen (secondary N) is 3. The van der Waals surface area contributed by atoms with Crippen LogP contribution in [-0.4, -0.2) is 33.9 Å². The number of aryl methyl sites for hydroxylation is 3. The highest BCUT2D eigenvalue weighted by atomic mass is 16.1. The largest absolute Gasteiger partial charge is 0.368 e. The lowest BCUT2D eigenvalue weighted by atomic mass is 10.1. The third-order valence-corrected chi connectivity index (χ3v) is 4.35. The van der Waals surface area contributed by atoms with E-state index in [1.165, 1.54) is 5.56 Å². The van der Waals surface area contributed by atoms with Gasteiger partial charge in [-0.05, 0) is 55.7 Å². The van der Waals surface area contributed by atoms with Gasteiger partial charge in [0.05, 0.1) is 0 Å². The minimum absolute atomic E-state index is 0.0822. The van der Waals surface area contributed by atoms with Crippen LogP contribution in [0.3, 0.4) is 0 Å². The highest BCUT2D eigenvalue weighted by Gasteiger charge is 2.06. The van der Waals surface area contributed by atoms with Crippen LogP contribution in [0.5, 0.6) is 0 Å². The number of pyridine rings is 1. The van der Waals surface area contributed by atoms with E-state index < -0.39 is 0 Å². The molecule has 150 valence electrons. The summed E-state index contributed by atoms with van der Waals surface area (Å²) in [6, 6.07) is 13.4. The van der Waals surface area contributed by atoms with E-state index in [0.29, 0.717) is 36.1 Å². The summed E-state index contributed by atoms with van der Waals surface area (Å²) >= 11 is 0. The van der Waals surface area contributed by atoms with Gasteiger partial charge in [0.2, 0.25) is 0 Å². The zero-order valence-electron chi connectivity index (χ0n) is 17.0. The van der Waals surface area contributed by atoms with Gasteiger partial charge in [-0.15, -0.1) is 0 Å². The quantitative estimate of drug-likeness (QED) is 0.509. The van der Waals surface area contributed by atoms with Crippen molar-refractivity contribution in [1.29, 1.82) is 0 Å². The molecule has 1 aromatic carbocycles. The molecule has 0 spiro atoms. The number of nitrogens with zero attached hydrogens (tertiary/aromatic N) is 3. The van der Waals surface area contributed by atoms with Crippen molar-refractivity contribution in [1.82, 2.24) is 20.3 Å². The zero-order valence-corrected chi connectivity index (χ0v) is 17.0. The summed E-state index contributed by atoms with van der Waals surface area (Å²) in [5.74, 6) is 2.65. The van der Waals surface area contributed by atoms with E-state index in [1.54, 1.807) is 6.20 Å². The number of benzene rings is 1. The van der Waals surface area contributed by atoms with Crippen molar-refractivity contribution in [2.45, 2.75) is 27.2 Å². The molecule has 0 aliphatic heterocycles. The second-order valence-electron chi connectivity index (χ2n) is 6.76. The summed E-state index contributed by atoms with van der Waals surface area (Å²) in [6.45, 7) is 6.98. The SMILES string of the molecule is CCc1ccc(C(=O)NCCNc2cc(Nc3cc(C)ccn3)nc(C)n2)cc1. The number of hydrogen-bond acceptors (Lipinski definition) is 6. The Hall–Kier alpha value is -3.48. The molecule has 0 fully saturated rings. The molecule has 1 amide bonds. The molecule has 3 rings (SSSR count). The summed E-state index contributed by atoms with van der Waals surface area (Å²) in [6.07, 6.45) is 2.71. The molecule has 0 saturated carbocycles. The Bertz CT molecular complexity index is 971. The van der Waals surface area contributed by atoms with Crippen LogP contribution >= 0.6 is 0 Å². The van der Waals surface area contributed by atoms with Crippen LogP contribution < -0.4 is 16.0 Å². The number of carbonyl (C=O) groups is 1. The molecule has 2 heterocycles. The third kappa shape index (κ3) is 6.00. The lowest BCUT2D eigenvalue weighted by Crippen LogP contribution is -2.28. The van der Waals surface area contributed by atoms with Crippen molar-refractivity contribution in [3.63, 3.8) is 0 Å². The first kappa shape index (κ1) is 20.3. The molecule has 0 aliphatic carbocycles. The normalized spacial score (nSPS) is 10.4. The molecule has 0 saturated heterocycles. The minimum atomic E-state index is -0.0822. The van der Waals surface area contributed by atoms with E-state index in [9.17, 15) is 4.79 Å². The fourth-order valence-electron chi connectivity index (χ4n) is 2.82. The summed E-state index contributed by atoms with van der Waals surface area (Å²) < 4.78 is 0. The van der Waals surface area contributed by atoms with E-state index in [-0.39, 0.29) is 5.91 Å². The van der Waals surface area contributed by atoms with Crippen molar-refractivity contribution in [3.8, 4) is 0 Å². The van der Waals surface area contributed by atoms with Crippen LogP contribution in [-0.2, 0) is 6.42 Å². The maximum atomic E-state index is 12.2. The number of anilines is 3. The Morgan fingerprint density at radius 3 is 2.41 bits per heavy atom. The fraction of sp³-hybridized carbons (Fsp3) is 0.273. The van der Waals surface area contributed by atoms with Gasteiger partial charge in [-0.25, -0.2) is 15.0 Å². The monoisotopic (exact) mass is 390 g/mol. The summed E-state index contributed by atoms with van der Waals surface area (Å²) in [5, 5.41) is 9.33. The van der Waals surface area contributed by atoms with Crippen molar-refractivity contribution >= 4 is 23.4 Å². The van der Waals surface area contributed by atoms with E-state index in [2.05, 4.69) is 37.8 Å². The van der Waals surface area contributed by atoms with Crippen LogP contribution in [0.2, 0.25) is 0 Å². The van der Waals surface area contributed by atoms with Crippen LogP contribution in [0, 0.1) is 13.8 Å². The molecule has 29 heavy (non-hydrogen) atoms. The molecule has 3 aromatic rings. The molecular formula is C22H26N6O. The first-order chi connectivity index (χ1) is 14.0. The average Bonchev–Trinajstić information content (AvgIpc) is 2.71.